The highest BCUT2D eigenvalue weighted by atomic mass is 32.1. The van der Waals surface area contributed by atoms with E-state index in [-0.39, 0.29) is 5.82 Å². The summed E-state index contributed by atoms with van der Waals surface area (Å²) in [6.07, 6.45) is 0. The molecule has 0 fully saturated rings. The van der Waals surface area contributed by atoms with Crippen LogP contribution in [0.5, 0.6) is 17.2 Å². The van der Waals surface area contributed by atoms with E-state index in [2.05, 4.69) is 5.32 Å². The summed E-state index contributed by atoms with van der Waals surface area (Å²) in [5.41, 5.74) is 1.68. The number of thiocarbonyl (C=S) groups is 1. The van der Waals surface area contributed by atoms with Crippen LogP contribution in [0.15, 0.2) is 36.4 Å². The first kappa shape index (κ1) is 17.0. The summed E-state index contributed by atoms with van der Waals surface area (Å²) >= 11 is 5.40. The summed E-state index contributed by atoms with van der Waals surface area (Å²) in [5.74, 6) is 1.32. The van der Waals surface area contributed by atoms with Crippen LogP contribution in [0, 0.1) is 5.82 Å². The number of hydrogen-bond donors (Lipinski definition) is 1. The quantitative estimate of drug-likeness (QED) is 0.820. The number of methoxy groups -OCH3 is 3. The van der Waals surface area contributed by atoms with E-state index in [0.717, 1.165) is 11.1 Å². The lowest BCUT2D eigenvalue weighted by Gasteiger charge is -2.15. The lowest BCUT2D eigenvalue weighted by Crippen LogP contribution is -2.21. The highest BCUT2D eigenvalue weighted by Gasteiger charge is 2.15. The Morgan fingerprint density at radius 3 is 2.04 bits per heavy atom. The predicted molar refractivity (Wildman–Crippen MR) is 91.0 cm³/mol. The van der Waals surface area contributed by atoms with Gasteiger partial charge in [0.15, 0.2) is 11.5 Å². The molecule has 0 radical (unpaired) electrons. The number of hydrogen-bond acceptors (Lipinski definition) is 4. The third kappa shape index (κ3) is 4.10. The standard InChI is InChI=1S/C17H18FNO3S/c1-20-14-8-12(9-15(21-2)16(14)22-3)17(23)19-10-11-4-6-13(18)7-5-11/h4-9H,10H2,1-3H3,(H,19,23). The van der Waals surface area contributed by atoms with E-state index in [0.29, 0.717) is 28.8 Å². The Morgan fingerprint density at radius 2 is 1.57 bits per heavy atom. The fraction of sp³-hybridized carbons (Fsp3) is 0.235. The van der Waals surface area contributed by atoms with Crippen molar-refractivity contribution < 1.29 is 18.6 Å². The van der Waals surface area contributed by atoms with Gasteiger partial charge in [-0.15, -0.1) is 0 Å². The molecule has 122 valence electrons. The molecule has 0 bridgehead atoms. The topological polar surface area (TPSA) is 39.7 Å². The molecule has 6 heteroatoms. The van der Waals surface area contributed by atoms with Gasteiger partial charge in [0.2, 0.25) is 5.75 Å². The molecule has 1 N–H and O–H groups in total. The first-order valence-electron chi connectivity index (χ1n) is 6.91. The Morgan fingerprint density at radius 1 is 1.00 bits per heavy atom. The SMILES string of the molecule is COc1cc(C(=S)NCc2ccc(F)cc2)cc(OC)c1OC. The summed E-state index contributed by atoms with van der Waals surface area (Å²) in [7, 11) is 4.65. The monoisotopic (exact) mass is 335 g/mol. The van der Waals surface area contributed by atoms with Gasteiger partial charge in [-0.25, -0.2) is 4.39 Å². The van der Waals surface area contributed by atoms with Gasteiger partial charge in [-0.1, -0.05) is 24.4 Å². The van der Waals surface area contributed by atoms with Crippen molar-refractivity contribution in [3.63, 3.8) is 0 Å². The second kappa shape index (κ2) is 7.78. The van der Waals surface area contributed by atoms with Gasteiger partial charge in [0, 0.05) is 12.1 Å². The molecule has 0 saturated heterocycles. The van der Waals surface area contributed by atoms with Crippen molar-refractivity contribution in [1.29, 1.82) is 0 Å². The molecule has 0 aromatic heterocycles. The van der Waals surface area contributed by atoms with E-state index in [4.69, 9.17) is 26.4 Å². The van der Waals surface area contributed by atoms with Crippen LogP contribution in [0.25, 0.3) is 0 Å². The molecule has 0 aliphatic rings. The second-order valence-electron chi connectivity index (χ2n) is 4.72. The van der Waals surface area contributed by atoms with Crippen molar-refractivity contribution in [2.75, 3.05) is 21.3 Å². The molecular weight excluding hydrogens is 317 g/mol. The predicted octanol–water partition coefficient (Wildman–Crippen LogP) is 3.32. The van der Waals surface area contributed by atoms with Crippen LogP contribution in [0.4, 0.5) is 4.39 Å². The lowest BCUT2D eigenvalue weighted by atomic mass is 10.1. The van der Waals surface area contributed by atoms with E-state index >= 15 is 0 Å². The first-order valence-corrected chi connectivity index (χ1v) is 7.32. The van der Waals surface area contributed by atoms with Gasteiger partial charge in [-0.05, 0) is 29.8 Å². The van der Waals surface area contributed by atoms with Crippen LogP contribution in [0.1, 0.15) is 11.1 Å². The minimum absolute atomic E-state index is 0.263. The average Bonchev–Trinajstić information content (AvgIpc) is 2.59. The molecule has 0 aliphatic heterocycles. The van der Waals surface area contributed by atoms with Crippen molar-refractivity contribution >= 4 is 17.2 Å². The molecule has 2 aromatic rings. The van der Waals surface area contributed by atoms with Gasteiger partial charge in [-0.2, -0.15) is 0 Å². The first-order chi connectivity index (χ1) is 11.1. The Bertz CT molecular complexity index is 664. The lowest BCUT2D eigenvalue weighted by molar-refractivity contribution is 0.324. The number of benzene rings is 2. The van der Waals surface area contributed by atoms with Crippen LogP contribution < -0.4 is 19.5 Å². The molecule has 0 heterocycles. The van der Waals surface area contributed by atoms with Crippen LogP contribution >= 0.6 is 12.2 Å². The number of nitrogens with one attached hydrogen (secondary N) is 1. The van der Waals surface area contributed by atoms with Gasteiger partial charge < -0.3 is 19.5 Å². The van der Waals surface area contributed by atoms with Crippen molar-refractivity contribution in [3.05, 3.63) is 53.3 Å². The molecule has 0 unspecified atom stereocenters. The average molecular weight is 335 g/mol. The zero-order valence-corrected chi connectivity index (χ0v) is 14.0. The van der Waals surface area contributed by atoms with Crippen LogP contribution in [0.2, 0.25) is 0 Å². The van der Waals surface area contributed by atoms with Gasteiger partial charge in [0.1, 0.15) is 10.8 Å². The molecule has 4 nitrogen and oxygen atoms in total. The summed E-state index contributed by atoms with van der Waals surface area (Å²) in [4.78, 5) is 0.536. The van der Waals surface area contributed by atoms with Crippen LogP contribution in [-0.2, 0) is 6.54 Å². The molecular formula is C17H18FNO3S. The van der Waals surface area contributed by atoms with Gasteiger partial charge in [0.05, 0.1) is 21.3 Å². The van der Waals surface area contributed by atoms with Crippen molar-refractivity contribution in [2.24, 2.45) is 0 Å². The van der Waals surface area contributed by atoms with E-state index < -0.39 is 0 Å². The minimum atomic E-state index is -0.263. The van der Waals surface area contributed by atoms with Crippen molar-refractivity contribution in [2.45, 2.75) is 6.54 Å². The summed E-state index contributed by atoms with van der Waals surface area (Å²) in [6.45, 7) is 0.496. The maximum absolute atomic E-state index is 12.9. The molecule has 0 amide bonds. The van der Waals surface area contributed by atoms with Crippen LogP contribution in [-0.4, -0.2) is 26.3 Å². The van der Waals surface area contributed by atoms with E-state index in [1.807, 2.05) is 0 Å². The zero-order chi connectivity index (χ0) is 16.8. The maximum atomic E-state index is 12.9. The Kier molecular flexibility index (Phi) is 5.76. The second-order valence-corrected chi connectivity index (χ2v) is 5.13. The van der Waals surface area contributed by atoms with Crippen LogP contribution in [0.3, 0.4) is 0 Å². The fourth-order valence-corrected chi connectivity index (χ4v) is 2.29. The van der Waals surface area contributed by atoms with Gasteiger partial charge >= 0.3 is 0 Å². The molecule has 0 atom stereocenters. The summed E-state index contributed by atoms with van der Waals surface area (Å²) < 4.78 is 28.8. The third-order valence-corrected chi connectivity index (χ3v) is 3.67. The van der Waals surface area contributed by atoms with Crippen molar-refractivity contribution in [1.82, 2.24) is 5.32 Å². The van der Waals surface area contributed by atoms with Crippen molar-refractivity contribution in [3.8, 4) is 17.2 Å². The highest BCUT2D eigenvalue weighted by Crippen LogP contribution is 2.38. The molecule has 2 rings (SSSR count). The van der Waals surface area contributed by atoms with E-state index in [1.165, 1.54) is 12.1 Å². The number of ether oxygens (including phenoxy) is 3. The summed E-state index contributed by atoms with van der Waals surface area (Å²) in [5, 5.41) is 3.13. The molecule has 0 saturated carbocycles. The Labute approximate surface area is 140 Å². The number of halogens is 1. The molecule has 0 aliphatic carbocycles. The highest BCUT2D eigenvalue weighted by molar-refractivity contribution is 7.80. The Hall–Kier alpha value is -2.34. The molecule has 23 heavy (non-hydrogen) atoms. The largest absolute Gasteiger partial charge is 0.493 e. The normalized spacial score (nSPS) is 10.1. The van der Waals surface area contributed by atoms with E-state index in [9.17, 15) is 4.39 Å². The third-order valence-electron chi connectivity index (χ3n) is 3.29. The zero-order valence-electron chi connectivity index (χ0n) is 13.2. The number of rotatable bonds is 6. The van der Waals surface area contributed by atoms with E-state index in [1.54, 1.807) is 45.6 Å². The fourth-order valence-electron chi connectivity index (χ4n) is 2.10. The summed E-state index contributed by atoms with van der Waals surface area (Å²) in [6, 6.07) is 9.81. The molecule has 2 aromatic carbocycles. The minimum Gasteiger partial charge on any atom is -0.493 e. The molecule has 0 spiro atoms. The maximum Gasteiger partial charge on any atom is 0.203 e. The Balaban J connectivity index is 2.16. The van der Waals surface area contributed by atoms with Gasteiger partial charge in [-0.3, -0.25) is 0 Å². The van der Waals surface area contributed by atoms with Gasteiger partial charge in [0.25, 0.3) is 0 Å². The smallest absolute Gasteiger partial charge is 0.203 e.